The van der Waals surface area contributed by atoms with Crippen LogP contribution in [0.25, 0.3) is 0 Å². The van der Waals surface area contributed by atoms with Gasteiger partial charge in [0.1, 0.15) is 5.69 Å². The van der Waals surface area contributed by atoms with Crippen LogP contribution in [0.1, 0.15) is 36.8 Å². The molecule has 0 aliphatic rings. The molecule has 0 aromatic carbocycles. The lowest BCUT2D eigenvalue weighted by atomic mass is 9.98. The molecule has 1 aromatic rings. The zero-order valence-electron chi connectivity index (χ0n) is 9.03. The molecule has 0 saturated heterocycles. The van der Waals surface area contributed by atoms with Gasteiger partial charge in [-0.1, -0.05) is 5.92 Å². The molecule has 0 atom stereocenters. The van der Waals surface area contributed by atoms with Gasteiger partial charge in [0.2, 0.25) is 0 Å². The second-order valence-corrected chi connectivity index (χ2v) is 4.24. The van der Waals surface area contributed by atoms with Crippen molar-refractivity contribution in [1.82, 2.24) is 4.98 Å². The Morgan fingerprint density at radius 3 is 2.47 bits per heavy atom. The van der Waals surface area contributed by atoms with Gasteiger partial charge in [-0.05, 0) is 38.8 Å². The Balaban J connectivity index is 2.89. The van der Waals surface area contributed by atoms with Crippen molar-refractivity contribution in [2.45, 2.75) is 20.8 Å². The van der Waals surface area contributed by atoms with Crippen molar-refractivity contribution < 1.29 is 9.90 Å². The standard InChI is InChI=1S/C12H13NO2/c1-12(2,3)7-6-10-5-4-9(8-13-10)11(14)15/h4-5,8H,1-3H3,(H,14,15). The summed E-state index contributed by atoms with van der Waals surface area (Å²) in [6, 6.07) is 3.12. The highest BCUT2D eigenvalue weighted by Gasteiger charge is 2.04. The maximum atomic E-state index is 10.6. The molecule has 0 aliphatic carbocycles. The zero-order chi connectivity index (χ0) is 11.5. The van der Waals surface area contributed by atoms with E-state index in [1.165, 1.54) is 12.3 Å². The van der Waals surface area contributed by atoms with Gasteiger partial charge in [-0.3, -0.25) is 0 Å². The minimum absolute atomic E-state index is 0.0762. The largest absolute Gasteiger partial charge is 0.478 e. The third-order valence-electron chi connectivity index (χ3n) is 1.58. The number of pyridine rings is 1. The smallest absolute Gasteiger partial charge is 0.337 e. The van der Waals surface area contributed by atoms with E-state index in [4.69, 9.17) is 5.11 Å². The first-order chi connectivity index (χ1) is 6.88. The number of carboxylic acid groups (broad SMARTS) is 1. The lowest BCUT2D eigenvalue weighted by Crippen LogP contribution is -2.00. The molecule has 0 unspecified atom stereocenters. The van der Waals surface area contributed by atoms with Crippen molar-refractivity contribution in [2.75, 3.05) is 0 Å². The number of aromatic nitrogens is 1. The van der Waals surface area contributed by atoms with Crippen LogP contribution in [0.15, 0.2) is 18.3 Å². The van der Waals surface area contributed by atoms with E-state index >= 15 is 0 Å². The van der Waals surface area contributed by atoms with Crippen LogP contribution in [0, 0.1) is 17.3 Å². The third-order valence-corrected chi connectivity index (χ3v) is 1.58. The summed E-state index contributed by atoms with van der Waals surface area (Å²) in [6.45, 7) is 6.02. The van der Waals surface area contributed by atoms with Gasteiger partial charge in [-0.25, -0.2) is 9.78 Å². The summed E-state index contributed by atoms with van der Waals surface area (Å²) < 4.78 is 0. The number of hydrogen-bond acceptors (Lipinski definition) is 2. The van der Waals surface area contributed by atoms with Crippen LogP contribution in [0.4, 0.5) is 0 Å². The first kappa shape index (κ1) is 11.3. The summed E-state index contributed by atoms with van der Waals surface area (Å²) in [5.41, 5.74) is 0.693. The monoisotopic (exact) mass is 203 g/mol. The molecule has 3 heteroatoms. The minimum atomic E-state index is -0.974. The Hall–Kier alpha value is -1.82. The fourth-order valence-corrected chi connectivity index (χ4v) is 0.846. The highest BCUT2D eigenvalue weighted by atomic mass is 16.4. The van der Waals surface area contributed by atoms with Gasteiger partial charge in [0.05, 0.1) is 5.56 Å². The van der Waals surface area contributed by atoms with Crippen LogP contribution in [0.3, 0.4) is 0 Å². The summed E-state index contributed by atoms with van der Waals surface area (Å²) in [5, 5.41) is 8.66. The van der Waals surface area contributed by atoms with Gasteiger partial charge in [0.25, 0.3) is 0 Å². The van der Waals surface area contributed by atoms with E-state index in [-0.39, 0.29) is 11.0 Å². The molecule has 0 aliphatic heterocycles. The molecule has 0 fully saturated rings. The first-order valence-corrected chi connectivity index (χ1v) is 4.61. The van der Waals surface area contributed by atoms with Gasteiger partial charge in [-0.15, -0.1) is 0 Å². The molecule has 0 radical (unpaired) electrons. The highest BCUT2D eigenvalue weighted by molar-refractivity contribution is 5.87. The van der Waals surface area contributed by atoms with Gasteiger partial charge in [-0.2, -0.15) is 0 Å². The molecule has 78 valence electrons. The summed E-state index contributed by atoms with van der Waals surface area (Å²) in [4.78, 5) is 14.5. The maximum Gasteiger partial charge on any atom is 0.337 e. The molecular formula is C12H13NO2. The van der Waals surface area contributed by atoms with Crippen molar-refractivity contribution in [3.8, 4) is 11.8 Å². The second-order valence-electron chi connectivity index (χ2n) is 4.24. The molecule has 1 rings (SSSR count). The van der Waals surface area contributed by atoms with Crippen LogP contribution in [-0.4, -0.2) is 16.1 Å². The molecule has 0 spiro atoms. The number of carboxylic acids is 1. The Bertz CT molecular complexity index is 416. The quantitative estimate of drug-likeness (QED) is 0.712. The fraction of sp³-hybridized carbons (Fsp3) is 0.333. The van der Waals surface area contributed by atoms with Gasteiger partial charge >= 0.3 is 5.97 Å². The maximum absolute atomic E-state index is 10.6. The van der Waals surface area contributed by atoms with Gasteiger partial charge in [0, 0.05) is 11.6 Å². The lowest BCUT2D eigenvalue weighted by molar-refractivity contribution is 0.0696. The van der Waals surface area contributed by atoms with Crippen LogP contribution >= 0.6 is 0 Å². The molecular weight excluding hydrogens is 190 g/mol. The van der Waals surface area contributed by atoms with Crippen molar-refractivity contribution in [3.05, 3.63) is 29.6 Å². The summed E-state index contributed by atoms with van der Waals surface area (Å²) in [7, 11) is 0. The lowest BCUT2D eigenvalue weighted by Gasteiger charge is -2.06. The molecule has 0 saturated carbocycles. The van der Waals surface area contributed by atoms with Crippen molar-refractivity contribution in [2.24, 2.45) is 5.41 Å². The Kier molecular flexibility index (Phi) is 3.11. The minimum Gasteiger partial charge on any atom is -0.478 e. The molecule has 0 amide bonds. The number of carbonyl (C=O) groups is 1. The average molecular weight is 203 g/mol. The van der Waals surface area contributed by atoms with E-state index in [9.17, 15) is 4.79 Å². The Morgan fingerprint density at radius 1 is 1.40 bits per heavy atom. The Morgan fingerprint density at radius 2 is 2.07 bits per heavy atom. The first-order valence-electron chi connectivity index (χ1n) is 4.61. The van der Waals surface area contributed by atoms with Crippen molar-refractivity contribution in [1.29, 1.82) is 0 Å². The molecule has 1 heterocycles. The second kappa shape index (κ2) is 4.14. The number of rotatable bonds is 1. The number of hydrogen-bond donors (Lipinski definition) is 1. The van der Waals surface area contributed by atoms with E-state index in [1.54, 1.807) is 6.07 Å². The van der Waals surface area contributed by atoms with Crippen molar-refractivity contribution >= 4 is 5.97 Å². The van der Waals surface area contributed by atoms with Gasteiger partial charge in [0.15, 0.2) is 0 Å². The summed E-state index contributed by atoms with van der Waals surface area (Å²) in [6.07, 6.45) is 1.31. The van der Waals surface area contributed by atoms with E-state index in [1.807, 2.05) is 20.8 Å². The fourth-order valence-electron chi connectivity index (χ4n) is 0.846. The average Bonchev–Trinajstić information content (AvgIpc) is 2.14. The summed E-state index contributed by atoms with van der Waals surface area (Å²) in [5.74, 6) is 4.95. The van der Waals surface area contributed by atoms with Crippen LogP contribution < -0.4 is 0 Å². The highest BCUT2D eigenvalue weighted by Crippen LogP contribution is 2.10. The number of nitrogens with zero attached hydrogens (tertiary/aromatic N) is 1. The van der Waals surface area contributed by atoms with E-state index < -0.39 is 5.97 Å². The topological polar surface area (TPSA) is 50.2 Å². The molecule has 0 bridgehead atoms. The Labute approximate surface area is 89.2 Å². The molecule has 3 nitrogen and oxygen atoms in total. The van der Waals surface area contributed by atoms with Crippen LogP contribution in [0.2, 0.25) is 0 Å². The van der Waals surface area contributed by atoms with E-state index in [0.717, 1.165) is 0 Å². The van der Waals surface area contributed by atoms with Crippen LogP contribution in [-0.2, 0) is 0 Å². The molecule has 1 N–H and O–H groups in total. The molecule has 15 heavy (non-hydrogen) atoms. The molecule has 1 aromatic heterocycles. The van der Waals surface area contributed by atoms with Gasteiger partial charge < -0.3 is 5.11 Å². The summed E-state index contributed by atoms with van der Waals surface area (Å²) >= 11 is 0. The predicted octanol–water partition coefficient (Wildman–Crippen LogP) is 2.18. The normalized spacial score (nSPS) is 10.3. The SMILES string of the molecule is CC(C)(C)C#Cc1ccc(C(=O)O)cn1. The van der Waals surface area contributed by atoms with E-state index in [0.29, 0.717) is 5.69 Å². The third kappa shape index (κ3) is 3.82. The van der Waals surface area contributed by atoms with E-state index in [2.05, 4.69) is 16.8 Å². The van der Waals surface area contributed by atoms with Crippen molar-refractivity contribution in [3.63, 3.8) is 0 Å². The van der Waals surface area contributed by atoms with Crippen LogP contribution in [0.5, 0.6) is 0 Å². The predicted molar refractivity (Wildman–Crippen MR) is 57.5 cm³/mol. The number of aromatic carboxylic acids is 1. The zero-order valence-corrected chi connectivity index (χ0v) is 9.03.